The van der Waals surface area contributed by atoms with Crippen LogP contribution in [0, 0.1) is 13.8 Å². The fraction of sp³-hybridized carbons (Fsp3) is 0.316. The quantitative estimate of drug-likeness (QED) is 0.185. The molecule has 4 aromatic rings. The number of ether oxygens (including phenoxy) is 1. The van der Waals surface area contributed by atoms with E-state index in [1.54, 1.807) is 35.2 Å². The molecule has 2 amide bonds. The van der Waals surface area contributed by atoms with Crippen LogP contribution in [0.4, 0.5) is 5.69 Å². The van der Waals surface area contributed by atoms with Crippen LogP contribution in [0.3, 0.4) is 0 Å². The Labute approximate surface area is 278 Å². The molecule has 47 heavy (non-hydrogen) atoms. The standard InChI is InChI=1S/C38H43N3O5S/c1-28-22-23-36(46-3)34(24-28)41(47(44,45)33-20-8-5-9-21-33)27-37(42)40(26-31-17-11-10-14-29(31)2)35(25-30-15-6-4-7-16-30)38(43)39-32-18-12-13-19-32/h4-11,14-17,20-24,32,35H,12-13,18-19,25-27H2,1-3H3,(H,39,43)/t35-/m0/s1. The van der Waals surface area contributed by atoms with Gasteiger partial charge in [-0.3, -0.25) is 13.9 Å². The molecule has 0 bridgehead atoms. The molecule has 1 aliphatic rings. The summed E-state index contributed by atoms with van der Waals surface area (Å²) in [7, 11) is -2.76. The van der Waals surface area contributed by atoms with Crippen molar-refractivity contribution in [3.8, 4) is 5.75 Å². The predicted molar refractivity (Wildman–Crippen MR) is 185 cm³/mol. The van der Waals surface area contributed by atoms with Crippen LogP contribution in [-0.2, 0) is 32.6 Å². The van der Waals surface area contributed by atoms with Crippen molar-refractivity contribution >= 4 is 27.5 Å². The summed E-state index contributed by atoms with van der Waals surface area (Å²) >= 11 is 0. The third kappa shape index (κ3) is 8.21. The predicted octanol–water partition coefficient (Wildman–Crippen LogP) is 6.21. The van der Waals surface area contributed by atoms with Gasteiger partial charge in [-0.25, -0.2) is 8.42 Å². The van der Waals surface area contributed by atoms with Crippen molar-refractivity contribution in [1.29, 1.82) is 0 Å². The molecule has 8 nitrogen and oxygen atoms in total. The van der Waals surface area contributed by atoms with Gasteiger partial charge in [-0.15, -0.1) is 0 Å². The van der Waals surface area contributed by atoms with Crippen LogP contribution in [0.1, 0.15) is 47.9 Å². The van der Waals surface area contributed by atoms with Crippen LogP contribution < -0.4 is 14.4 Å². The van der Waals surface area contributed by atoms with Crippen LogP contribution in [0.15, 0.2) is 108 Å². The van der Waals surface area contributed by atoms with Gasteiger partial charge in [-0.1, -0.05) is 91.7 Å². The number of amides is 2. The molecule has 4 aromatic carbocycles. The Hall–Kier alpha value is -4.63. The molecular weight excluding hydrogens is 611 g/mol. The van der Waals surface area contributed by atoms with Gasteiger partial charge in [0.25, 0.3) is 10.0 Å². The number of benzene rings is 4. The Kier molecular flexibility index (Phi) is 11.0. The zero-order valence-electron chi connectivity index (χ0n) is 27.3. The second-order valence-electron chi connectivity index (χ2n) is 12.1. The van der Waals surface area contributed by atoms with Gasteiger partial charge in [0.2, 0.25) is 11.8 Å². The number of carbonyl (C=O) groups is 2. The van der Waals surface area contributed by atoms with Crippen LogP contribution in [0.5, 0.6) is 5.75 Å². The van der Waals surface area contributed by atoms with Gasteiger partial charge in [0.05, 0.1) is 17.7 Å². The maximum atomic E-state index is 14.8. The van der Waals surface area contributed by atoms with E-state index in [4.69, 9.17) is 4.74 Å². The number of hydrogen-bond donors (Lipinski definition) is 1. The zero-order chi connectivity index (χ0) is 33.4. The third-order valence-corrected chi connectivity index (χ3v) is 10.6. The van der Waals surface area contributed by atoms with E-state index in [9.17, 15) is 18.0 Å². The Balaban J connectivity index is 1.61. The first-order valence-electron chi connectivity index (χ1n) is 16.1. The normalized spacial score (nSPS) is 13.9. The number of anilines is 1. The summed E-state index contributed by atoms with van der Waals surface area (Å²) in [6, 6.07) is 29.8. The maximum absolute atomic E-state index is 14.8. The van der Waals surface area contributed by atoms with Crippen LogP contribution in [-0.4, -0.2) is 50.9 Å². The van der Waals surface area contributed by atoms with Gasteiger partial charge < -0.3 is 15.0 Å². The fourth-order valence-electron chi connectivity index (χ4n) is 6.12. The number of hydrogen-bond acceptors (Lipinski definition) is 5. The molecule has 1 fully saturated rings. The molecule has 1 saturated carbocycles. The van der Waals surface area contributed by atoms with E-state index in [1.807, 2.05) is 74.5 Å². The Morgan fingerprint density at radius 3 is 2.17 bits per heavy atom. The molecule has 0 heterocycles. The number of methoxy groups -OCH3 is 1. The average molecular weight is 654 g/mol. The van der Waals surface area contributed by atoms with Crippen molar-refractivity contribution in [2.24, 2.45) is 0 Å². The molecule has 0 aromatic heterocycles. The minimum atomic E-state index is -4.23. The Morgan fingerprint density at radius 2 is 1.51 bits per heavy atom. The highest BCUT2D eigenvalue weighted by atomic mass is 32.2. The molecule has 5 rings (SSSR count). The van der Waals surface area contributed by atoms with E-state index < -0.39 is 28.5 Å². The topological polar surface area (TPSA) is 96.0 Å². The van der Waals surface area contributed by atoms with Gasteiger partial charge in [-0.05, 0) is 73.2 Å². The summed E-state index contributed by atoms with van der Waals surface area (Å²) in [5, 5.41) is 3.22. The number of rotatable bonds is 13. The van der Waals surface area contributed by atoms with Crippen molar-refractivity contribution in [2.75, 3.05) is 18.0 Å². The Bertz CT molecular complexity index is 1770. The fourth-order valence-corrected chi connectivity index (χ4v) is 7.56. The van der Waals surface area contributed by atoms with Gasteiger partial charge >= 0.3 is 0 Å². The van der Waals surface area contributed by atoms with Crippen molar-refractivity contribution < 1.29 is 22.7 Å². The number of nitrogens with one attached hydrogen (secondary N) is 1. The van der Waals surface area contributed by atoms with Gasteiger partial charge in [0, 0.05) is 19.0 Å². The molecule has 0 spiro atoms. The minimum absolute atomic E-state index is 0.0432. The molecule has 0 unspecified atom stereocenters. The molecule has 0 radical (unpaired) electrons. The number of sulfonamides is 1. The van der Waals surface area contributed by atoms with E-state index in [0.29, 0.717) is 5.75 Å². The molecular formula is C38H43N3O5S. The SMILES string of the molecule is COc1ccc(C)cc1N(CC(=O)N(Cc1ccccc1C)[C@@H](Cc1ccccc1)C(=O)NC1CCCC1)S(=O)(=O)c1ccccc1. The lowest BCUT2D eigenvalue weighted by Gasteiger charge is -2.35. The third-order valence-electron chi connectivity index (χ3n) is 8.79. The van der Waals surface area contributed by atoms with E-state index in [2.05, 4.69) is 5.32 Å². The highest BCUT2D eigenvalue weighted by Crippen LogP contribution is 2.34. The lowest BCUT2D eigenvalue weighted by molar-refractivity contribution is -0.140. The monoisotopic (exact) mass is 653 g/mol. The van der Waals surface area contributed by atoms with Crippen LogP contribution in [0.25, 0.3) is 0 Å². The molecule has 0 aliphatic heterocycles. The maximum Gasteiger partial charge on any atom is 0.264 e. The largest absolute Gasteiger partial charge is 0.495 e. The highest BCUT2D eigenvalue weighted by Gasteiger charge is 2.36. The minimum Gasteiger partial charge on any atom is -0.495 e. The average Bonchev–Trinajstić information content (AvgIpc) is 3.59. The van der Waals surface area contributed by atoms with E-state index in [-0.39, 0.29) is 35.5 Å². The van der Waals surface area contributed by atoms with Crippen molar-refractivity contribution in [3.05, 3.63) is 125 Å². The van der Waals surface area contributed by atoms with Crippen LogP contribution >= 0.6 is 0 Å². The lowest BCUT2D eigenvalue weighted by atomic mass is 10.0. The molecule has 1 aliphatic carbocycles. The van der Waals surface area contributed by atoms with E-state index >= 15 is 0 Å². The second-order valence-corrected chi connectivity index (χ2v) is 14.0. The molecule has 9 heteroatoms. The van der Waals surface area contributed by atoms with Crippen molar-refractivity contribution in [3.63, 3.8) is 0 Å². The van der Waals surface area contributed by atoms with Crippen molar-refractivity contribution in [1.82, 2.24) is 10.2 Å². The number of aryl methyl sites for hydroxylation is 2. The molecule has 1 atom stereocenters. The van der Waals surface area contributed by atoms with E-state index in [0.717, 1.165) is 52.2 Å². The molecule has 1 N–H and O–H groups in total. The second kappa shape index (κ2) is 15.3. The summed E-state index contributed by atoms with van der Waals surface area (Å²) in [6.07, 6.45) is 4.16. The molecule has 246 valence electrons. The summed E-state index contributed by atoms with van der Waals surface area (Å²) in [4.78, 5) is 30.6. The van der Waals surface area contributed by atoms with Crippen molar-refractivity contribution in [2.45, 2.75) is 69.5 Å². The smallest absolute Gasteiger partial charge is 0.264 e. The zero-order valence-corrected chi connectivity index (χ0v) is 28.1. The van der Waals surface area contributed by atoms with Gasteiger partial charge in [0.1, 0.15) is 18.3 Å². The molecule has 0 saturated heterocycles. The first kappa shape index (κ1) is 33.7. The van der Waals surface area contributed by atoms with Crippen LogP contribution in [0.2, 0.25) is 0 Å². The first-order chi connectivity index (χ1) is 22.7. The first-order valence-corrected chi connectivity index (χ1v) is 17.5. The highest BCUT2D eigenvalue weighted by molar-refractivity contribution is 7.92. The summed E-state index contributed by atoms with van der Waals surface area (Å²) < 4.78 is 35.4. The van der Waals surface area contributed by atoms with E-state index in [1.165, 1.54) is 19.2 Å². The lowest BCUT2D eigenvalue weighted by Crippen LogP contribution is -2.54. The summed E-state index contributed by atoms with van der Waals surface area (Å²) in [6.45, 7) is 3.41. The number of nitrogens with zero attached hydrogens (tertiary/aromatic N) is 2. The number of carbonyl (C=O) groups excluding carboxylic acids is 2. The van der Waals surface area contributed by atoms with Gasteiger partial charge in [0.15, 0.2) is 0 Å². The summed E-state index contributed by atoms with van der Waals surface area (Å²) in [5.74, 6) is -0.430. The Morgan fingerprint density at radius 1 is 0.872 bits per heavy atom. The van der Waals surface area contributed by atoms with Gasteiger partial charge in [-0.2, -0.15) is 0 Å². The summed E-state index contributed by atoms with van der Waals surface area (Å²) in [5.41, 5.74) is 3.79.